The molecule has 0 bridgehead atoms. The maximum atomic E-state index is 2.45. The van der Waals surface area contributed by atoms with Crippen LogP contribution in [-0.2, 0) is 10.8 Å². The summed E-state index contributed by atoms with van der Waals surface area (Å²) < 4.78 is 2.19. The Morgan fingerprint density at radius 3 is 2.00 bits per heavy atom. The lowest BCUT2D eigenvalue weighted by atomic mass is 9.62. The molecule has 2 rings (SSSR count). The van der Waals surface area contributed by atoms with E-state index in [0.29, 0.717) is 10.8 Å². The number of halogens is 1. The molecule has 0 N–H and O–H groups in total. The van der Waals surface area contributed by atoms with Crippen molar-refractivity contribution in [3.05, 3.63) is 38.5 Å². The number of benzene rings is 1. The lowest BCUT2D eigenvalue weighted by Crippen LogP contribution is -2.34. The summed E-state index contributed by atoms with van der Waals surface area (Å²) in [5.74, 6) is 0. The van der Waals surface area contributed by atoms with Crippen LogP contribution in [0.1, 0.15) is 69.7 Å². The molecule has 104 valence electrons. The van der Waals surface area contributed by atoms with Gasteiger partial charge in [-0.15, -0.1) is 0 Å². The zero-order valence-corrected chi connectivity index (χ0v) is 15.2. The van der Waals surface area contributed by atoms with Crippen LogP contribution in [0.5, 0.6) is 0 Å². The Balaban J connectivity index is 2.72. The molecule has 1 aromatic rings. The summed E-state index contributed by atoms with van der Waals surface area (Å²) in [4.78, 5) is 0. The van der Waals surface area contributed by atoms with Crippen molar-refractivity contribution in [1.82, 2.24) is 0 Å². The average molecular weight is 368 g/mol. The standard InChI is InChI=1S/C18H25I/c1-12-9-15-16(10-14(12)13(2)11-19)18(5,6)8-7-17(15,3)4/h9-11H,7-8H2,1-6H3/b13-11+. The summed E-state index contributed by atoms with van der Waals surface area (Å²) in [5.41, 5.74) is 7.94. The number of hydrogen-bond donors (Lipinski definition) is 0. The molecule has 1 aliphatic rings. The predicted octanol–water partition coefficient (Wildman–Crippen LogP) is 6.14. The summed E-state index contributed by atoms with van der Waals surface area (Å²) in [5, 5.41) is 0. The topological polar surface area (TPSA) is 0 Å². The van der Waals surface area contributed by atoms with Crippen molar-refractivity contribution >= 4 is 28.2 Å². The third-order valence-corrected chi connectivity index (χ3v) is 5.72. The summed E-state index contributed by atoms with van der Waals surface area (Å²) in [6, 6.07) is 4.89. The molecule has 0 nitrogen and oxygen atoms in total. The van der Waals surface area contributed by atoms with Crippen LogP contribution in [-0.4, -0.2) is 0 Å². The SMILES string of the molecule is C/C(=C\I)c1cc2c(cc1C)C(C)(C)CCC2(C)C. The van der Waals surface area contributed by atoms with Gasteiger partial charge in [0, 0.05) is 0 Å². The Morgan fingerprint density at radius 2 is 1.53 bits per heavy atom. The molecule has 0 spiro atoms. The van der Waals surface area contributed by atoms with Gasteiger partial charge < -0.3 is 0 Å². The van der Waals surface area contributed by atoms with Crippen LogP contribution in [0.4, 0.5) is 0 Å². The quantitative estimate of drug-likeness (QED) is 0.523. The van der Waals surface area contributed by atoms with Crippen LogP contribution in [0.15, 0.2) is 16.2 Å². The first-order chi connectivity index (χ1) is 8.69. The van der Waals surface area contributed by atoms with Gasteiger partial charge in [0.05, 0.1) is 0 Å². The summed E-state index contributed by atoms with van der Waals surface area (Å²) in [6.07, 6.45) is 2.56. The van der Waals surface area contributed by atoms with Gasteiger partial charge in [0.25, 0.3) is 0 Å². The second kappa shape index (κ2) is 4.91. The predicted molar refractivity (Wildman–Crippen MR) is 94.1 cm³/mol. The Labute approximate surface area is 131 Å². The molecule has 0 aromatic heterocycles. The van der Waals surface area contributed by atoms with Crippen LogP contribution >= 0.6 is 22.6 Å². The number of fused-ring (bicyclic) bond motifs is 1. The van der Waals surface area contributed by atoms with Gasteiger partial charge in [-0.2, -0.15) is 0 Å². The van der Waals surface area contributed by atoms with E-state index in [2.05, 4.69) is 80.3 Å². The van der Waals surface area contributed by atoms with Crippen LogP contribution in [0.3, 0.4) is 0 Å². The number of aryl methyl sites for hydroxylation is 1. The third-order valence-electron chi connectivity index (χ3n) is 4.79. The van der Waals surface area contributed by atoms with Crippen LogP contribution in [0.25, 0.3) is 5.57 Å². The number of hydrogen-bond acceptors (Lipinski definition) is 0. The highest BCUT2D eigenvalue weighted by Crippen LogP contribution is 2.47. The van der Waals surface area contributed by atoms with Crippen molar-refractivity contribution < 1.29 is 0 Å². The smallest absolute Gasteiger partial charge is 0.0100 e. The van der Waals surface area contributed by atoms with Gasteiger partial charge in [-0.05, 0) is 69.4 Å². The largest absolute Gasteiger partial charge is 0.0558 e. The summed E-state index contributed by atoms with van der Waals surface area (Å²) >= 11 is 2.34. The molecular weight excluding hydrogens is 343 g/mol. The Kier molecular flexibility index (Phi) is 3.90. The fourth-order valence-electron chi connectivity index (χ4n) is 3.21. The Hall–Kier alpha value is -0.310. The number of allylic oxidation sites excluding steroid dienone is 1. The van der Waals surface area contributed by atoms with E-state index in [1.54, 1.807) is 11.1 Å². The van der Waals surface area contributed by atoms with Crippen molar-refractivity contribution in [2.24, 2.45) is 0 Å². The third kappa shape index (κ3) is 2.63. The van der Waals surface area contributed by atoms with Crippen molar-refractivity contribution in [3.63, 3.8) is 0 Å². The monoisotopic (exact) mass is 368 g/mol. The van der Waals surface area contributed by atoms with Gasteiger partial charge >= 0.3 is 0 Å². The van der Waals surface area contributed by atoms with Crippen LogP contribution in [0.2, 0.25) is 0 Å². The minimum absolute atomic E-state index is 0.304. The van der Waals surface area contributed by atoms with Gasteiger partial charge in [-0.25, -0.2) is 0 Å². The van der Waals surface area contributed by atoms with E-state index < -0.39 is 0 Å². The minimum atomic E-state index is 0.304. The molecule has 1 heteroatoms. The van der Waals surface area contributed by atoms with Gasteiger partial charge in [-0.1, -0.05) is 62.4 Å². The van der Waals surface area contributed by atoms with Gasteiger partial charge in [0.2, 0.25) is 0 Å². The average Bonchev–Trinajstić information content (AvgIpc) is 2.34. The molecule has 1 aliphatic carbocycles. The van der Waals surface area contributed by atoms with E-state index in [0.717, 1.165) is 0 Å². The highest BCUT2D eigenvalue weighted by Gasteiger charge is 2.37. The van der Waals surface area contributed by atoms with Crippen molar-refractivity contribution in [1.29, 1.82) is 0 Å². The fraction of sp³-hybridized carbons (Fsp3) is 0.556. The molecule has 0 amide bonds. The fourth-order valence-corrected chi connectivity index (χ4v) is 3.54. The lowest BCUT2D eigenvalue weighted by molar-refractivity contribution is 0.331. The lowest BCUT2D eigenvalue weighted by Gasteiger charge is -2.42. The van der Waals surface area contributed by atoms with Crippen molar-refractivity contribution in [2.45, 2.75) is 65.2 Å². The first-order valence-electron chi connectivity index (χ1n) is 7.12. The normalized spacial score (nSPS) is 21.1. The van der Waals surface area contributed by atoms with Gasteiger partial charge in [0.15, 0.2) is 0 Å². The zero-order chi connectivity index (χ0) is 14.4. The molecule has 0 fully saturated rings. The van der Waals surface area contributed by atoms with E-state index in [1.807, 2.05) is 0 Å². The maximum Gasteiger partial charge on any atom is -0.0100 e. The summed E-state index contributed by atoms with van der Waals surface area (Å²) in [6.45, 7) is 14.0. The zero-order valence-electron chi connectivity index (χ0n) is 13.0. The Bertz CT molecular complexity index is 533. The molecule has 19 heavy (non-hydrogen) atoms. The van der Waals surface area contributed by atoms with E-state index in [9.17, 15) is 0 Å². The van der Waals surface area contributed by atoms with Crippen molar-refractivity contribution in [3.8, 4) is 0 Å². The van der Waals surface area contributed by atoms with Crippen LogP contribution < -0.4 is 0 Å². The van der Waals surface area contributed by atoms with E-state index in [4.69, 9.17) is 0 Å². The van der Waals surface area contributed by atoms with Crippen LogP contribution in [0, 0.1) is 6.92 Å². The molecule has 0 unspecified atom stereocenters. The molecule has 0 saturated carbocycles. The summed E-state index contributed by atoms with van der Waals surface area (Å²) in [7, 11) is 0. The second-order valence-electron chi connectivity index (χ2n) is 7.27. The molecule has 0 radical (unpaired) electrons. The molecule has 1 aromatic carbocycles. The molecule has 0 aliphatic heterocycles. The molecule has 0 atom stereocenters. The molecule has 0 saturated heterocycles. The highest BCUT2D eigenvalue weighted by molar-refractivity contribution is 14.1. The first kappa shape index (κ1) is 15.1. The van der Waals surface area contributed by atoms with E-state index in [-0.39, 0.29) is 0 Å². The second-order valence-corrected chi connectivity index (χ2v) is 7.90. The molecular formula is C18H25I. The van der Waals surface area contributed by atoms with Crippen molar-refractivity contribution in [2.75, 3.05) is 0 Å². The highest BCUT2D eigenvalue weighted by atomic mass is 127. The number of rotatable bonds is 1. The van der Waals surface area contributed by atoms with E-state index >= 15 is 0 Å². The maximum absolute atomic E-state index is 2.45. The van der Waals surface area contributed by atoms with Gasteiger partial charge in [-0.3, -0.25) is 0 Å². The molecule has 0 heterocycles. The minimum Gasteiger partial charge on any atom is -0.0558 e. The van der Waals surface area contributed by atoms with E-state index in [1.165, 1.54) is 29.5 Å². The first-order valence-corrected chi connectivity index (χ1v) is 8.36. The Morgan fingerprint density at radius 1 is 1.05 bits per heavy atom. The van der Waals surface area contributed by atoms with Gasteiger partial charge in [0.1, 0.15) is 0 Å².